The third kappa shape index (κ3) is 3.24. The molecule has 0 amide bonds. The Morgan fingerprint density at radius 1 is 1.19 bits per heavy atom. The summed E-state index contributed by atoms with van der Waals surface area (Å²) in [7, 11) is 0. The van der Waals surface area contributed by atoms with Gasteiger partial charge in [0.2, 0.25) is 0 Å². The summed E-state index contributed by atoms with van der Waals surface area (Å²) in [4.78, 5) is 11.2. The zero-order valence-electron chi connectivity index (χ0n) is 13.8. The van der Waals surface area contributed by atoms with Gasteiger partial charge in [-0.15, -0.1) is 0 Å². The predicted molar refractivity (Wildman–Crippen MR) is 90.1 cm³/mol. The molecule has 26 heavy (non-hydrogen) atoms. The summed E-state index contributed by atoms with van der Waals surface area (Å²) in [5.74, 6) is -2.41. The SMILES string of the molecule is Cc1c(CC(=O)O)c2cc(O)c(F)cc2n1Cc1ccc(C(F)F)cc1. The second-order valence-electron chi connectivity index (χ2n) is 6.08. The number of hydrogen-bond acceptors (Lipinski definition) is 2. The largest absolute Gasteiger partial charge is 0.505 e. The lowest BCUT2D eigenvalue weighted by atomic mass is 10.1. The van der Waals surface area contributed by atoms with Gasteiger partial charge in [0.15, 0.2) is 11.6 Å². The molecule has 0 atom stereocenters. The maximum atomic E-state index is 13.8. The molecule has 4 nitrogen and oxygen atoms in total. The van der Waals surface area contributed by atoms with E-state index in [0.29, 0.717) is 27.7 Å². The number of benzene rings is 2. The number of alkyl halides is 2. The normalized spacial score (nSPS) is 11.4. The van der Waals surface area contributed by atoms with Crippen LogP contribution >= 0.6 is 0 Å². The van der Waals surface area contributed by atoms with E-state index >= 15 is 0 Å². The van der Waals surface area contributed by atoms with Gasteiger partial charge in [0.05, 0.1) is 11.9 Å². The summed E-state index contributed by atoms with van der Waals surface area (Å²) in [6.07, 6.45) is -2.83. The van der Waals surface area contributed by atoms with Gasteiger partial charge >= 0.3 is 5.97 Å². The third-order valence-electron chi connectivity index (χ3n) is 4.42. The Labute approximate surface area is 147 Å². The zero-order valence-corrected chi connectivity index (χ0v) is 13.8. The number of rotatable bonds is 5. The lowest BCUT2D eigenvalue weighted by molar-refractivity contribution is -0.136. The van der Waals surface area contributed by atoms with Gasteiger partial charge in [-0.25, -0.2) is 13.2 Å². The van der Waals surface area contributed by atoms with Crippen LogP contribution in [-0.4, -0.2) is 20.7 Å². The van der Waals surface area contributed by atoms with E-state index in [-0.39, 0.29) is 18.5 Å². The molecule has 2 aromatic carbocycles. The van der Waals surface area contributed by atoms with Crippen molar-refractivity contribution in [3.05, 3.63) is 64.6 Å². The van der Waals surface area contributed by atoms with Crippen molar-refractivity contribution in [2.24, 2.45) is 0 Å². The molecule has 2 N–H and O–H groups in total. The molecule has 0 fully saturated rings. The number of fused-ring (bicyclic) bond motifs is 1. The Hall–Kier alpha value is -2.96. The summed E-state index contributed by atoms with van der Waals surface area (Å²) >= 11 is 0. The maximum Gasteiger partial charge on any atom is 0.307 e. The van der Waals surface area contributed by atoms with Crippen LogP contribution in [0.4, 0.5) is 13.2 Å². The number of aromatic nitrogens is 1. The van der Waals surface area contributed by atoms with Crippen LogP contribution in [0.15, 0.2) is 36.4 Å². The van der Waals surface area contributed by atoms with Crippen molar-refractivity contribution in [1.82, 2.24) is 4.57 Å². The Morgan fingerprint density at radius 3 is 2.42 bits per heavy atom. The Morgan fingerprint density at radius 2 is 1.85 bits per heavy atom. The van der Waals surface area contributed by atoms with Crippen molar-refractivity contribution in [3.63, 3.8) is 0 Å². The maximum absolute atomic E-state index is 13.8. The van der Waals surface area contributed by atoms with E-state index in [1.54, 1.807) is 23.6 Å². The molecule has 0 spiro atoms. The molecule has 0 saturated heterocycles. The molecule has 0 aliphatic carbocycles. The molecular formula is C19H16F3NO3. The van der Waals surface area contributed by atoms with Gasteiger partial charge in [0.25, 0.3) is 6.43 Å². The summed E-state index contributed by atoms with van der Waals surface area (Å²) in [6, 6.07) is 8.13. The Balaban J connectivity index is 2.11. The van der Waals surface area contributed by atoms with E-state index in [9.17, 15) is 23.1 Å². The number of hydrogen-bond donors (Lipinski definition) is 2. The lowest BCUT2D eigenvalue weighted by Gasteiger charge is -2.10. The van der Waals surface area contributed by atoms with Crippen LogP contribution in [0.25, 0.3) is 10.9 Å². The number of carboxylic acid groups (broad SMARTS) is 1. The molecule has 3 rings (SSSR count). The summed E-state index contributed by atoms with van der Waals surface area (Å²) < 4.78 is 40.9. The highest BCUT2D eigenvalue weighted by molar-refractivity contribution is 5.90. The fourth-order valence-corrected chi connectivity index (χ4v) is 3.08. The number of carboxylic acids is 1. The van der Waals surface area contributed by atoms with Crippen LogP contribution in [0, 0.1) is 12.7 Å². The van der Waals surface area contributed by atoms with E-state index in [0.717, 1.165) is 6.07 Å². The van der Waals surface area contributed by atoms with Gasteiger partial charge in [-0.1, -0.05) is 24.3 Å². The van der Waals surface area contributed by atoms with Crippen LogP contribution in [-0.2, 0) is 17.8 Å². The fraction of sp³-hybridized carbons (Fsp3) is 0.211. The molecule has 1 heterocycles. The number of aliphatic carboxylic acids is 1. The average molecular weight is 363 g/mol. The first kappa shape index (κ1) is 17.8. The molecule has 0 bridgehead atoms. The minimum Gasteiger partial charge on any atom is -0.505 e. The first-order valence-corrected chi connectivity index (χ1v) is 7.87. The van der Waals surface area contributed by atoms with E-state index in [1.807, 2.05) is 0 Å². The van der Waals surface area contributed by atoms with Crippen LogP contribution in [0.3, 0.4) is 0 Å². The smallest absolute Gasteiger partial charge is 0.307 e. The number of phenols is 1. The molecule has 0 unspecified atom stereocenters. The molecule has 7 heteroatoms. The van der Waals surface area contributed by atoms with Gasteiger partial charge in [-0.05, 0) is 24.1 Å². The highest BCUT2D eigenvalue weighted by atomic mass is 19.3. The number of aromatic hydroxyl groups is 1. The summed E-state index contributed by atoms with van der Waals surface area (Å²) in [5, 5.41) is 19.2. The molecular weight excluding hydrogens is 347 g/mol. The van der Waals surface area contributed by atoms with E-state index in [4.69, 9.17) is 5.11 Å². The second-order valence-corrected chi connectivity index (χ2v) is 6.08. The van der Waals surface area contributed by atoms with E-state index in [1.165, 1.54) is 18.2 Å². The van der Waals surface area contributed by atoms with Gasteiger partial charge < -0.3 is 14.8 Å². The zero-order chi connectivity index (χ0) is 19.0. The fourth-order valence-electron chi connectivity index (χ4n) is 3.08. The van der Waals surface area contributed by atoms with Crippen LogP contribution in [0.2, 0.25) is 0 Å². The molecule has 3 aromatic rings. The van der Waals surface area contributed by atoms with Gasteiger partial charge in [0, 0.05) is 29.3 Å². The number of halogens is 3. The molecule has 1 aromatic heterocycles. The molecule has 0 aliphatic rings. The lowest BCUT2D eigenvalue weighted by Crippen LogP contribution is -2.05. The highest BCUT2D eigenvalue weighted by Crippen LogP contribution is 2.32. The minimum absolute atomic E-state index is 0.0923. The van der Waals surface area contributed by atoms with E-state index in [2.05, 4.69) is 0 Å². The monoisotopic (exact) mass is 363 g/mol. The number of nitrogens with zero attached hydrogens (tertiary/aromatic N) is 1. The minimum atomic E-state index is -2.56. The highest BCUT2D eigenvalue weighted by Gasteiger charge is 2.19. The number of phenolic OH excluding ortho intramolecular Hbond substituents is 1. The topological polar surface area (TPSA) is 62.5 Å². The van der Waals surface area contributed by atoms with Crippen molar-refractivity contribution >= 4 is 16.9 Å². The molecule has 136 valence electrons. The quantitative estimate of drug-likeness (QED) is 0.706. The van der Waals surface area contributed by atoms with Crippen molar-refractivity contribution in [2.75, 3.05) is 0 Å². The molecule has 0 aliphatic heterocycles. The van der Waals surface area contributed by atoms with Crippen LogP contribution in [0.5, 0.6) is 5.75 Å². The predicted octanol–water partition coefficient (Wildman–Crippen LogP) is 4.41. The molecule has 0 radical (unpaired) electrons. The van der Waals surface area contributed by atoms with Crippen molar-refractivity contribution in [2.45, 2.75) is 26.3 Å². The number of carbonyl (C=O) groups is 1. The Bertz CT molecular complexity index is 978. The van der Waals surface area contributed by atoms with Crippen LogP contribution < -0.4 is 0 Å². The van der Waals surface area contributed by atoms with Crippen molar-refractivity contribution < 1.29 is 28.2 Å². The van der Waals surface area contributed by atoms with Gasteiger partial charge in [-0.3, -0.25) is 4.79 Å². The summed E-state index contributed by atoms with van der Waals surface area (Å²) in [6.45, 7) is 1.97. The van der Waals surface area contributed by atoms with Crippen molar-refractivity contribution in [1.29, 1.82) is 0 Å². The third-order valence-corrected chi connectivity index (χ3v) is 4.42. The first-order valence-electron chi connectivity index (χ1n) is 7.87. The summed E-state index contributed by atoms with van der Waals surface area (Å²) in [5.41, 5.74) is 2.15. The standard InChI is InChI=1S/C19H16F3NO3/c1-10-13(7-18(25)26)14-6-17(24)15(20)8-16(14)23(10)9-11-2-4-12(5-3-11)19(21)22/h2-6,8,19,24H,7,9H2,1H3,(H,25,26). The first-order chi connectivity index (χ1) is 12.3. The van der Waals surface area contributed by atoms with E-state index < -0.39 is 24.0 Å². The van der Waals surface area contributed by atoms with Gasteiger partial charge in [0.1, 0.15) is 0 Å². The van der Waals surface area contributed by atoms with Crippen molar-refractivity contribution in [3.8, 4) is 5.75 Å². The molecule has 0 saturated carbocycles. The second kappa shape index (κ2) is 6.74. The van der Waals surface area contributed by atoms with Gasteiger partial charge in [-0.2, -0.15) is 0 Å². The average Bonchev–Trinajstić information content (AvgIpc) is 2.81. The Kier molecular flexibility index (Phi) is 4.63. The van der Waals surface area contributed by atoms with Crippen LogP contribution in [0.1, 0.15) is 28.8 Å².